The minimum atomic E-state index is 0.924. The van der Waals surface area contributed by atoms with E-state index < -0.39 is 0 Å². The van der Waals surface area contributed by atoms with Crippen LogP contribution < -0.4 is 0 Å². The summed E-state index contributed by atoms with van der Waals surface area (Å²) in [6, 6.07) is 135. The van der Waals surface area contributed by atoms with Crippen LogP contribution >= 0.6 is 0 Å². The van der Waals surface area contributed by atoms with Crippen LogP contribution in [0.5, 0.6) is 0 Å². The van der Waals surface area contributed by atoms with E-state index in [1.54, 1.807) is 0 Å². The van der Waals surface area contributed by atoms with Crippen molar-refractivity contribution in [2.24, 2.45) is 0 Å². The fraction of sp³-hybridized carbons (Fsp3) is 0. The number of imidazole rings is 3. The first-order valence-corrected chi connectivity index (χ1v) is 41.5. The van der Waals surface area contributed by atoms with E-state index in [2.05, 4.69) is 370 Å². The highest BCUT2D eigenvalue weighted by molar-refractivity contribution is 6.27. The van der Waals surface area contributed by atoms with Gasteiger partial charge in [-0.1, -0.05) is 285 Å². The molecule has 123 heavy (non-hydrogen) atoms. The number of pyridine rings is 8. The van der Waals surface area contributed by atoms with Crippen LogP contribution in [0, 0.1) is 0 Å². The van der Waals surface area contributed by atoms with E-state index in [1.807, 2.05) is 55.1 Å². The van der Waals surface area contributed by atoms with Crippen molar-refractivity contribution >= 4 is 180 Å². The van der Waals surface area contributed by atoms with Gasteiger partial charge in [-0.3, -0.25) is 33.1 Å². The monoisotopic (exact) mass is 1570 g/mol. The molecule has 570 valence electrons. The Morgan fingerprint density at radius 3 is 1.11 bits per heavy atom. The molecule has 27 rings (SSSR count). The first-order chi connectivity index (χ1) is 61.0. The molecule has 0 atom stereocenters. The Labute approximate surface area is 702 Å². The van der Waals surface area contributed by atoms with Crippen molar-refractivity contribution in [2.75, 3.05) is 0 Å². The first-order valence-electron chi connectivity index (χ1n) is 41.5. The third-order valence-corrected chi connectivity index (χ3v) is 24.8. The van der Waals surface area contributed by atoms with Gasteiger partial charge in [0, 0.05) is 73.4 Å². The maximum absolute atomic E-state index is 5.16. The molecule has 0 amide bonds. The van der Waals surface area contributed by atoms with Crippen LogP contribution in [0.15, 0.2) is 407 Å². The van der Waals surface area contributed by atoms with Crippen molar-refractivity contribution < 1.29 is 0 Å². The predicted octanol–water partition coefficient (Wildman–Crippen LogP) is 28.3. The highest BCUT2D eigenvalue weighted by Gasteiger charge is 2.23. The van der Waals surface area contributed by atoms with E-state index >= 15 is 0 Å². The highest BCUT2D eigenvalue weighted by atomic mass is 15.0. The number of aromatic nitrogens is 11. The van der Waals surface area contributed by atoms with Crippen LogP contribution in [-0.4, -0.2) is 53.1 Å². The summed E-state index contributed by atoms with van der Waals surface area (Å²) in [6.45, 7) is 0. The maximum atomic E-state index is 5.16. The van der Waals surface area contributed by atoms with Crippen molar-refractivity contribution in [3.8, 4) is 66.9 Å². The van der Waals surface area contributed by atoms with E-state index in [-0.39, 0.29) is 0 Å². The molecule has 0 N–H and O–H groups in total. The molecule has 11 nitrogen and oxygen atoms in total. The Morgan fingerprint density at radius 1 is 0.171 bits per heavy atom. The maximum Gasteiger partial charge on any atom is 0.148 e. The number of rotatable bonds is 6. The van der Waals surface area contributed by atoms with Gasteiger partial charge in [-0.25, -0.2) is 19.9 Å². The van der Waals surface area contributed by atoms with Gasteiger partial charge in [0.25, 0.3) is 0 Å². The lowest BCUT2D eigenvalue weighted by molar-refractivity contribution is 1.29. The molecule has 27 aromatic rings. The van der Waals surface area contributed by atoms with Crippen LogP contribution in [0.2, 0.25) is 0 Å². The molecule has 0 radical (unpaired) electrons. The molecule has 16 aromatic carbocycles. The first kappa shape index (κ1) is 69.4. The average molecular weight is 1570 g/mol. The van der Waals surface area contributed by atoms with Gasteiger partial charge in [-0.2, -0.15) is 0 Å². The second-order valence-corrected chi connectivity index (χ2v) is 31.7. The number of nitrogens with zero attached hydrogens (tertiary/aromatic N) is 11. The van der Waals surface area contributed by atoms with E-state index in [9.17, 15) is 0 Å². The molecule has 0 saturated carbocycles. The second-order valence-electron chi connectivity index (χ2n) is 31.7. The molecular formula is C112H67N11. The molecule has 0 spiro atoms. The van der Waals surface area contributed by atoms with Crippen LogP contribution in [0.1, 0.15) is 0 Å². The van der Waals surface area contributed by atoms with E-state index in [0.29, 0.717) is 0 Å². The Morgan fingerprint density at radius 2 is 0.528 bits per heavy atom. The summed E-state index contributed by atoms with van der Waals surface area (Å²) in [6.07, 6.45) is 7.45. The molecule has 0 aliphatic heterocycles. The fourth-order valence-corrected chi connectivity index (χ4v) is 19.0. The van der Waals surface area contributed by atoms with Gasteiger partial charge in [0.05, 0.1) is 93.7 Å². The van der Waals surface area contributed by atoms with Crippen molar-refractivity contribution in [1.82, 2.24) is 53.1 Å². The summed E-state index contributed by atoms with van der Waals surface area (Å²) in [5.41, 5.74) is 31.2. The fourth-order valence-electron chi connectivity index (χ4n) is 19.0. The Hall–Kier alpha value is -16.8. The Kier molecular flexibility index (Phi) is 15.8. The standard InChI is InChI=1S/C40H23N5.C38H23N3.C34H21N3/c1-2-9-29-28(8-1)30(23-31-36(29)40-44-33-10-3-4-11-34(33)45(40)35-12-6-22-42-39(31)35)24-13-15-25(16-14-24)32-20-19-27-18-17-26-7-5-21-41-37(26)38(27)43-32;1-2-7-28-22-29(16-15-24(28)6-1)25-11-13-26(14-12-25)30-18-19-31-32-20-17-27-8-5-21-39-37(27)36(32)38-40-33-9-3-4-10-34(33)41(38)35(31)23-30;1-2-7-22(8-3-1)23-12-14-24(15-13-23)26-17-18-27-28-19-16-25-9-6-20-35-33(25)32(28)34-36-29-10-4-5-11-30(29)37(34)31(27)21-26/h1-23H;1-23H;1-21H. The van der Waals surface area contributed by atoms with Crippen molar-refractivity contribution in [1.29, 1.82) is 0 Å². The zero-order valence-corrected chi connectivity index (χ0v) is 66.1. The highest BCUT2D eigenvalue weighted by Crippen LogP contribution is 2.45. The number of hydrogen-bond acceptors (Lipinski definition) is 8. The lowest BCUT2D eigenvalue weighted by Gasteiger charge is -2.15. The van der Waals surface area contributed by atoms with E-state index in [4.69, 9.17) is 34.9 Å². The summed E-state index contributed by atoms with van der Waals surface area (Å²) in [5, 5.41) is 18.5. The normalized spacial score (nSPS) is 11.9. The van der Waals surface area contributed by atoms with Gasteiger partial charge < -0.3 is 0 Å². The van der Waals surface area contributed by atoms with E-state index in [0.717, 1.165) is 159 Å². The molecule has 0 unspecified atom stereocenters. The SMILES string of the molecule is c1ccc(-c2ccc(-c3ccc4c5ccc6cccnc6c5c5nc6ccccc6n5c4c3)cc2)cc1.c1ccc2cc(-c3ccc(-c4ccc5c6ccc7cccnc7c6c6nc7ccccc7n6c5c4)cc3)ccc2c1.c1cnc2c(c1)ccc1ccc(-c3ccc(-c4cc5c6ncccc6n6c7ccccc7nc6c5c5ccccc45)cc3)nc12. The summed E-state index contributed by atoms with van der Waals surface area (Å²) < 4.78 is 6.88. The topological polar surface area (TPSA) is 116 Å². The lowest BCUT2D eigenvalue weighted by atomic mass is 9.92. The van der Waals surface area contributed by atoms with Crippen LogP contribution in [0.4, 0.5) is 0 Å². The molecule has 0 fully saturated rings. The van der Waals surface area contributed by atoms with Gasteiger partial charge in [0.1, 0.15) is 16.9 Å². The molecule has 11 heterocycles. The zero-order valence-electron chi connectivity index (χ0n) is 66.1. The van der Waals surface area contributed by atoms with Gasteiger partial charge in [0.2, 0.25) is 0 Å². The minimum absolute atomic E-state index is 0.924. The summed E-state index contributed by atoms with van der Waals surface area (Å²) in [5.74, 6) is 0. The summed E-state index contributed by atoms with van der Waals surface area (Å²) in [7, 11) is 0. The zero-order chi connectivity index (χ0) is 80.7. The van der Waals surface area contributed by atoms with Crippen LogP contribution in [-0.2, 0) is 0 Å². The van der Waals surface area contributed by atoms with Gasteiger partial charge >= 0.3 is 0 Å². The minimum Gasteiger partial charge on any atom is -0.292 e. The summed E-state index contributed by atoms with van der Waals surface area (Å²) in [4.78, 5) is 39.6. The third kappa shape index (κ3) is 11.3. The van der Waals surface area contributed by atoms with Crippen LogP contribution in [0.25, 0.3) is 247 Å². The molecule has 11 heteroatoms. The molecule has 0 aliphatic rings. The largest absolute Gasteiger partial charge is 0.292 e. The molecule has 0 aliphatic carbocycles. The quantitative estimate of drug-likeness (QED) is 0.151. The average Bonchev–Trinajstić information content (AvgIpc) is 1.63. The van der Waals surface area contributed by atoms with Gasteiger partial charge in [0.15, 0.2) is 0 Å². The molecular weight excluding hydrogens is 1500 g/mol. The molecule has 0 saturated heterocycles. The van der Waals surface area contributed by atoms with E-state index in [1.165, 1.54) is 87.8 Å². The van der Waals surface area contributed by atoms with Crippen molar-refractivity contribution in [3.63, 3.8) is 0 Å². The number of benzene rings is 16. The number of hydrogen-bond donors (Lipinski definition) is 0. The lowest BCUT2D eigenvalue weighted by Crippen LogP contribution is -1.95. The number of para-hydroxylation sites is 6. The Balaban J connectivity index is 0.000000102. The van der Waals surface area contributed by atoms with Crippen LogP contribution in [0.3, 0.4) is 0 Å². The van der Waals surface area contributed by atoms with Crippen molar-refractivity contribution in [2.45, 2.75) is 0 Å². The second kappa shape index (κ2) is 28.0. The smallest absolute Gasteiger partial charge is 0.148 e. The van der Waals surface area contributed by atoms with Gasteiger partial charge in [-0.15, -0.1) is 0 Å². The Bertz CT molecular complexity index is 9070. The molecule has 0 bridgehead atoms. The third-order valence-electron chi connectivity index (χ3n) is 24.8. The van der Waals surface area contributed by atoms with Crippen molar-refractivity contribution in [3.05, 3.63) is 407 Å². The number of fused-ring (bicyclic) bond motifs is 34. The van der Waals surface area contributed by atoms with Gasteiger partial charge in [-0.05, 0) is 185 Å². The predicted molar refractivity (Wildman–Crippen MR) is 510 cm³/mol. The summed E-state index contributed by atoms with van der Waals surface area (Å²) >= 11 is 0. The molecule has 11 aromatic heterocycles.